The van der Waals surface area contributed by atoms with Gasteiger partial charge in [0.05, 0.1) is 0 Å². The second-order valence-corrected chi connectivity index (χ2v) is 6.22. The molecule has 2 fully saturated rings. The van der Waals surface area contributed by atoms with E-state index in [2.05, 4.69) is 28.9 Å². The molecule has 2 bridgehead atoms. The van der Waals surface area contributed by atoms with Gasteiger partial charge in [0.2, 0.25) is 0 Å². The number of aryl methyl sites for hydroxylation is 1. The molecule has 2 saturated heterocycles. The Balaban J connectivity index is 1.71. The molecule has 4 nitrogen and oxygen atoms in total. The van der Waals surface area contributed by atoms with Gasteiger partial charge >= 0.3 is 0 Å². The van der Waals surface area contributed by atoms with Crippen molar-refractivity contribution in [2.24, 2.45) is 0 Å². The summed E-state index contributed by atoms with van der Waals surface area (Å²) in [6.07, 6.45) is 4.32. The zero-order valence-corrected chi connectivity index (χ0v) is 12.2. The van der Waals surface area contributed by atoms with E-state index in [1.165, 1.54) is 12.0 Å². The summed E-state index contributed by atoms with van der Waals surface area (Å²) in [4.78, 5) is 14.2. The van der Waals surface area contributed by atoms with Gasteiger partial charge in [0, 0.05) is 50.5 Å². The van der Waals surface area contributed by atoms with E-state index < -0.39 is 0 Å². The highest BCUT2D eigenvalue weighted by atomic mass is 32.1. The molecular weight excluding hydrogens is 258 g/mol. The second kappa shape index (κ2) is 5.31. The van der Waals surface area contributed by atoms with Crippen molar-refractivity contribution >= 4 is 12.8 Å². The van der Waals surface area contributed by atoms with Gasteiger partial charge in [0.25, 0.3) is 5.56 Å². The minimum absolute atomic E-state index is 0.107. The average molecular weight is 279 g/mol. The normalized spacial score (nSPS) is 27.3. The van der Waals surface area contributed by atoms with E-state index in [9.17, 15) is 4.79 Å². The lowest BCUT2D eigenvalue weighted by molar-refractivity contribution is -0.0465. The minimum Gasteiger partial charge on any atom is -0.315 e. The molecule has 3 heterocycles. The number of likely N-dealkylation sites (tertiary alicyclic amines) is 1. The maximum atomic E-state index is 11.7. The molecule has 19 heavy (non-hydrogen) atoms. The van der Waals surface area contributed by atoms with Crippen molar-refractivity contribution < 1.29 is 0 Å². The van der Waals surface area contributed by atoms with Crippen LogP contribution in [0.25, 0.3) is 0 Å². The largest absolute Gasteiger partial charge is 0.315 e. The molecule has 5 heteroatoms. The van der Waals surface area contributed by atoms with Crippen molar-refractivity contribution in [3.63, 3.8) is 0 Å². The van der Waals surface area contributed by atoms with E-state index >= 15 is 0 Å². The first-order valence-electron chi connectivity index (χ1n) is 7.06. The summed E-state index contributed by atoms with van der Waals surface area (Å²) in [7, 11) is 0. The number of fused-ring (bicyclic) bond motifs is 2. The number of aromatic nitrogens is 1. The van der Waals surface area contributed by atoms with Crippen LogP contribution in [0.2, 0.25) is 0 Å². The third-order valence-electron chi connectivity index (χ3n) is 4.20. The molecule has 0 aromatic carbocycles. The third-order valence-corrected chi connectivity index (χ3v) is 4.53. The Labute approximate surface area is 119 Å². The Morgan fingerprint density at radius 1 is 1.32 bits per heavy atom. The molecule has 0 aliphatic carbocycles. The number of rotatable bonds is 4. The Morgan fingerprint density at radius 3 is 2.74 bits per heavy atom. The monoisotopic (exact) mass is 279 g/mol. The molecule has 2 aliphatic rings. The SMILES string of the molecule is CCCn1cc(CN2C3CC2CN(S)C3)ccc1=O. The van der Waals surface area contributed by atoms with Crippen LogP contribution in [0.5, 0.6) is 0 Å². The quantitative estimate of drug-likeness (QED) is 0.844. The molecule has 0 N–H and O–H groups in total. The topological polar surface area (TPSA) is 28.5 Å². The van der Waals surface area contributed by atoms with Crippen LogP contribution in [-0.2, 0) is 13.1 Å². The van der Waals surface area contributed by atoms with Gasteiger partial charge in [0.15, 0.2) is 0 Å². The predicted molar refractivity (Wildman–Crippen MR) is 79.3 cm³/mol. The van der Waals surface area contributed by atoms with Gasteiger partial charge < -0.3 is 4.57 Å². The number of thiol groups is 1. The lowest BCUT2D eigenvalue weighted by Crippen LogP contribution is -2.66. The van der Waals surface area contributed by atoms with Gasteiger partial charge in [-0.05, 0) is 18.4 Å². The molecule has 3 rings (SSSR count). The Bertz CT molecular complexity index is 504. The molecule has 2 aliphatic heterocycles. The third kappa shape index (κ3) is 2.59. The van der Waals surface area contributed by atoms with Crippen molar-refractivity contribution in [2.75, 3.05) is 13.1 Å². The molecule has 0 radical (unpaired) electrons. The Morgan fingerprint density at radius 2 is 2.05 bits per heavy atom. The summed E-state index contributed by atoms with van der Waals surface area (Å²) in [5.74, 6) is 0. The fourth-order valence-corrected chi connectivity index (χ4v) is 3.60. The van der Waals surface area contributed by atoms with Gasteiger partial charge in [0.1, 0.15) is 0 Å². The fraction of sp³-hybridized carbons (Fsp3) is 0.643. The average Bonchev–Trinajstić information content (AvgIpc) is 2.39. The highest BCUT2D eigenvalue weighted by Gasteiger charge is 2.43. The van der Waals surface area contributed by atoms with Crippen LogP contribution in [-0.4, -0.2) is 38.9 Å². The number of hydrogen-bond acceptors (Lipinski definition) is 4. The maximum absolute atomic E-state index is 11.7. The number of hydrogen-bond donors (Lipinski definition) is 1. The van der Waals surface area contributed by atoms with E-state index in [1.54, 1.807) is 6.07 Å². The van der Waals surface area contributed by atoms with E-state index in [0.29, 0.717) is 12.1 Å². The molecule has 104 valence electrons. The first-order valence-corrected chi connectivity index (χ1v) is 7.46. The fourth-order valence-electron chi connectivity index (χ4n) is 3.22. The number of piperazine rings is 1. The van der Waals surface area contributed by atoms with E-state index in [0.717, 1.165) is 32.6 Å². The molecule has 0 spiro atoms. The van der Waals surface area contributed by atoms with Gasteiger partial charge in [-0.25, -0.2) is 0 Å². The standard InChI is InChI=1S/C14H21N3OS/c1-2-5-15-7-11(3-4-14(15)18)8-17-12-6-13(17)10-16(19)9-12/h3-4,7,12-13,19H,2,5-6,8-10H2,1H3. The zero-order valence-electron chi connectivity index (χ0n) is 11.3. The minimum atomic E-state index is 0.107. The molecule has 2 atom stereocenters. The second-order valence-electron chi connectivity index (χ2n) is 5.66. The van der Waals surface area contributed by atoms with Crippen LogP contribution in [0, 0.1) is 0 Å². The van der Waals surface area contributed by atoms with Gasteiger partial charge in [-0.1, -0.05) is 25.8 Å². The Hall–Kier alpha value is -0.780. The highest BCUT2D eigenvalue weighted by molar-refractivity contribution is 7.77. The molecule has 0 saturated carbocycles. The van der Waals surface area contributed by atoms with Crippen LogP contribution in [0.4, 0.5) is 0 Å². The van der Waals surface area contributed by atoms with Crippen LogP contribution >= 0.6 is 12.8 Å². The molecule has 0 amide bonds. The Kier molecular flexibility index (Phi) is 3.69. The molecule has 1 aromatic rings. The summed E-state index contributed by atoms with van der Waals surface area (Å²) in [6.45, 7) is 5.97. The highest BCUT2D eigenvalue weighted by Crippen LogP contribution is 2.34. The number of nitrogens with zero attached hydrogens (tertiary/aromatic N) is 3. The van der Waals surface area contributed by atoms with E-state index in [4.69, 9.17) is 0 Å². The van der Waals surface area contributed by atoms with Crippen molar-refractivity contribution in [2.45, 2.75) is 44.9 Å². The van der Waals surface area contributed by atoms with Crippen molar-refractivity contribution in [1.82, 2.24) is 13.8 Å². The number of piperidine rings is 1. The van der Waals surface area contributed by atoms with E-state index in [1.807, 2.05) is 16.8 Å². The van der Waals surface area contributed by atoms with Crippen LogP contribution in [0.3, 0.4) is 0 Å². The number of pyridine rings is 1. The maximum Gasteiger partial charge on any atom is 0.250 e. The summed E-state index contributed by atoms with van der Waals surface area (Å²) < 4.78 is 3.95. The first-order chi connectivity index (χ1) is 9.17. The summed E-state index contributed by atoms with van der Waals surface area (Å²) >= 11 is 4.44. The molecular formula is C14H21N3OS. The zero-order chi connectivity index (χ0) is 13.4. The smallest absolute Gasteiger partial charge is 0.250 e. The lowest BCUT2D eigenvalue weighted by Gasteiger charge is -2.55. The van der Waals surface area contributed by atoms with Crippen molar-refractivity contribution in [3.05, 3.63) is 34.2 Å². The van der Waals surface area contributed by atoms with Gasteiger partial charge in [-0.15, -0.1) is 0 Å². The molecule has 1 aromatic heterocycles. The lowest BCUT2D eigenvalue weighted by atomic mass is 9.88. The summed E-state index contributed by atoms with van der Waals surface area (Å²) in [5, 5.41) is 0. The van der Waals surface area contributed by atoms with Gasteiger partial charge in [-0.3, -0.25) is 14.0 Å². The van der Waals surface area contributed by atoms with Crippen LogP contribution in [0.1, 0.15) is 25.3 Å². The summed E-state index contributed by atoms with van der Waals surface area (Å²) in [6, 6.07) is 4.96. The summed E-state index contributed by atoms with van der Waals surface area (Å²) in [5.41, 5.74) is 1.35. The van der Waals surface area contributed by atoms with E-state index in [-0.39, 0.29) is 5.56 Å². The van der Waals surface area contributed by atoms with Gasteiger partial charge in [-0.2, -0.15) is 0 Å². The van der Waals surface area contributed by atoms with Crippen LogP contribution < -0.4 is 5.56 Å². The van der Waals surface area contributed by atoms with Crippen molar-refractivity contribution in [3.8, 4) is 0 Å². The van der Waals surface area contributed by atoms with Crippen molar-refractivity contribution in [1.29, 1.82) is 0 Å². The van der Waals surface area contributed by atoms with Crippen LogP contribution in [0.15, 0.2) is 23.1 Å². The predicted octanol–water partition coefficient (Wildman–Crippen LogP) is 1.36. The molecule has 2 unspecified atom stereocenters. The first kappa shape index (κ1) is 13.2.